The van der Waals surface area contributed by atoms with Crippen LogP contribution < -0.4 is 0 Å². The molecular formula is C14H15N2Y-. The van der Waals surface area contributed by atoms with Gasteiger partial charge in [0, 0.05) is 32.7 Å². The van der Waals surface area contributed by atoms with Crippen LogP contribution in [0.3, 0.4) is 0 Å². The molecular weight excluding hydrogens is 285 g/mol. The van der Waals surface area contributed by atoms with Crippen LogP contribution in [-0.4, -0.2) is 9.97 Å². The van der Waals surface area contributed by atoms with E-state index >= 15 is 0 Å². The van der Waals surface area contributed by atoms with E-state index in [1.807, 2.05) is 39.0 Å². The summed E-state index contributed by atoms with van der Waals surface area (Å²) in [4.78, 5) is 7.50. The average molecular weight is 300 g/mol. The normalized spacial score (nSPS) is 9.59. The summed E-state index contributed by atoms with van der Waals surface area (Å²) in [6, 6.07) is 10.3. The Bertz CT molecular complexity index is 614. The Hall–Kier alpha value is -0.726. The molecule has 0 aliphatic rings. The number of hydrogen-bond acceptors (Lipinski definition) is 1. The van der Waals surface area contributed by atoms with Crippen LogP contribution in [0.25, 0.3) is 21.8 Å². The second kappa shape index (κ2) is 6.27. The molecule has 1 N–H and O–H groups in total. The van der Waals surface area contributed by atoms with E-state index < -0.39 is 0 Å². The number of aromatic amines is 1. The molecule has 0 fully saturated rings. The molecule has 0 aliphatic heterocycles. The van der Waals surface area contributed by atoms with Crippen molar-refractivity contribution in [2.45, 2.75) is 20.8 Å². The topological polar surface area (TPSA) is 28.7 Å². The Balaban J connectivity index is 0.000000459. The predicted molar refractivity (Wildman–Crippen MR) is 68.5 cm³/mol. The number of nitrogens with zero attached hydrogens (tertiary/aromatic N) is 1. The van der Waals surface area contributed by atoms with Gasteiger partial charge in [0.15, 0.2) is 0 Å². The molecule has 0 saturated heterocycles. The zero-order valence-corrected chi connectivity index (χ0v) is 13.2. The first kappa shape index (κ1) is 14.3. The molecule has 1 aromatic carbocycles. The van der Waals surface area contributed by atoms with Crippen molar-refractivity contribution < 1.29 is 32.7 Å². The van der Waals surface area contributed by atoms with Gasteiger partial charge < -0.3 is 9.97 Å². The SMILES string of the molecule is CC.Cc1cc2c([c-]nc3ccccc32)[nH]1.[Y]. The molecule has 0 bridgehead atoms. The summed E-state index contributed by atoms with van der Waals surface area (Å²) in [6.07, 6.45) is 3.01. The van der Waals surface area contributed by atoms with Crippen molar-refractivity contribution in [2.75, 3.05) is 0 Å². The first-order chi connectivity index (χ1) is 7.84. The van der Waals surface area contributed by atoms with Crippen LogP contribution in [0.5, 0.6) is 0 Å². The molecule has 2 aromatic heterocycles. The second-order valence-corrected chi connectivity index (χ2v) is 3.48. The first-order valence-electron chi connectivity index (χ1n) is 5.60. The van der Waals surface area contributed by atoms with Crippen molar-refractivity contribution in [1.29, 1.82) is 0 Å². The van der Waals surface area contributed by atoms with Crippen molar-refractivity contribution in [3.8, 4) is 0 Å². The maximum atomic E-state index is 4.27. The number of para-hydroxylation sites is 1. The van der Waals surface area contributed by atoms with E-state index in [0.29, 0.717) is 0 Å². The van der Waals surface area contributed by atoms with Crippen molar-refractivity contribution in [1.82, 2.24) is 9.97 Å². The van der Waals surface area contributed by atoms with Gasteiger partial charge in [0.1, 0.15) is 0 Å². The molecule has 1 radical (unpaired) electrons. The number of aryl methyl sites for hydroxylation is 1. The van der Waals surface area contributed by atoms with E-state index in [1.54, 1.807) is 0 Å². The number of nitrogens with one attached hydrogen (secondary N) is 1. The first-order valence-corrected chi connectivity index (χ1v) is 5.60. The molecule has 0 amide bonds. The summed E-state index contributed by atoms with van der Waals surface area (Å²) in [6.45, 7) is 6.04. The predicted octanol–water partition coefficient (Wildman–Crippen LogP) is 3.85. The molecule has 0 unspecified atom stereocenters. The van der Waals surface area contributed by atoms with Crippen LogP contribution in [0.4, 0.5) is 0 Å². The van der Waals surface area contributed by atoms with Crippen LogP contribution >= 0.6 is 0 Å². The summed E-state index contributed by atoms with van der Waals surface area (Å²) < 4.78 is 0. The Morgan fingerprint density at radius 3 is 2.59 bits per heavy atom. The molecule has 0 atom stereocenters. The number of pyridine rings is 1. The molecule has 2 heterocycles. The Kier molecular flexibility index (Phi) is 5.29. The molecule has 3 heteroatoms. The summed E-state index contributed by atoms with van der Waals surface area (Å²) in [5.41, 5.74) is 3.13. The summed E-state index contributed by atoms with van der Waals surface area (Å²) in [7, 11) is 0. The fourth-order valence-corrected chi connectivity index (χ4v) is 1.80. The third-order valence-corrected chi connectivity index (χ3v) is 2.43. The summed E-state index contributed by atoms with van der Waals surface area (Å²) >= 11 is 0. The van der Waals surface area contributed by atoms with Crippen LogP contribution in [0.2, 0.25) is 0 Å². The minimum atomic E-state index is 0. The minimum Gasteiger partial charge on any atom is -0.384 e. The van der Waals surface area contributed by atoms with Crippen molar-refractivity contribution >= 4 is 21.8 Å². The number of rotatable bonds is 0. The largest absolute Gasteiger partial charge is 0.384 e. The quantitative estimate of drug-likeness (QED) is 0.628. The van der Waals surface area contributed by atoms with Gasteiger partial charge in [-0.25, -0.2) is 0 Å². The van der Waals surface area contributed by atoms with Gasteiger partial charge >= 0.3 is 0 Å². The fraction of sp³-hybridized carbons (Fsp3) is 0.214. The summed E-state index contributed by atoms with van der Waals surface area (Å²) in [5.74, 6) is 0. The van der Waals surface area contributed by atoms with E-state index in [4.69, 9.17) is 0 Å². The Morgan fingerprint density at radius 2 is 1.82 bits per heavy atom. The number of aromatic nitrogens is 2. The Morgan fingerprint density at radius 1 is 1.12 bits per heavy atom. The van der Waals surface area contributed by atoms with Crippen LogP contribution in [0, 0.1) is 13.1 Å². The number of fused-ring (bicyclic) bond motifs is 3. The van der Waals surface area contributed by atoms with Crippen LogP contribution in [-0.2, 0) is 32.7 Å². The number of benzene rings is 1. The monoisotopic (exact) mass is 300 g/mol. The standard InChI is InChI=1S/C12H9N2.C2H6.Y/c1-8-6-10-9-4-2-3-5-11(9)13-7-12(10)14-8;1-2;/h2-6,14H,1H3;1-2H3;/q-1;;. The Labute approximate surface area is 127 Å². The van der Waals surface area contributed by atoms with Gasteiger partial charge in [-0.1, -0.05) is 55.8 Å². The van der Waals surface area contributed by atoms with Gasteiger partial charge in [-0.2, -0.15) is 0 Å². The van der Waals surface area contributed by atoms with Crippen molar-refractivity contribution in [3.63, 3.8) is 0 Å². The molecule has 0 saturated carbocycles. The van der Waals surface area contributed by atoms with Gasteiger partial charge in [-0.05, 0) is 23.7 Å². The molecule has 2 nitrogen and oxygen atoms in total. The van der Waals surface area contributed by atoms with Crippen LogP contribution in [0.15, 0.2) is 30.3 Å². The fourth-order valence-electron chi connectivity index (χ4n) is 1.80. The van der Waals surface area contributed by atoms with Crippen LogP contribution in [0.1, 0.15) is 19.5 Å². The number of hydrogen-bond donors (Lipinski definition) is 1. The smallest absolute Gasteiger partial charge is 0 e. The van der Waals surface area contributed by atoms with E-state index in [1.165, 1.54) is 10.8 Å². The van der Waals surface area contributed by atoms with E-state index in [2.05, 4.69) is 28.3 Å². The van der Waals surface area contributed by atoms with Gasteiger partial charge in [0.05, 0.1) is 0 Å². The molecule has 85 valence electrons. The molecule has 0 aliphatic carbocycles. The molecule has 3 aromatic rings. The zero-order chi connectivity index (χ0) is 11.5. The minimum absolute atomic E-state index is 0. The molecule has 17 heavy (non-hydrogen) atoms. The maximum absolute atomic E-state index is 4.27. The molecule has 0 spiro atoms. The van der Waals surface area contributed by atoms with Crippen molar-refractivity contribution in [2.24, 2.45) is 0 Å². The average Bonchev–Trinajstić information content (AvgIpc) is 2.72. The third-order valence-electron chi connectivity index (χ3n) is 2.43. The van der Waals surface area contributed by atoms with E-state index in [9.17, 15) is 0 Å². The summed E-state index contributed by atoms with van der Waals surface area (Å²) in [5, 5.41) is 2.39. The maximum Gasteiger partial charge on any atom is 0 e. The van der Waals surface area contributed by atoms with Gasteiger partial charge in [-0.3, -0.25) is 0 Å². The van der Waals surface area contributed by atoms with Gasteiger partial charge in [0.2, 0.25) is 0 Å². The third kappa shape index (κ3) is 2.75. The number of H-pyrrole nitrogens is 1. The zero-order valence-electron chi connectivity index (χ0n) is 10.4. The van der Waals surface area contributed by atoms with Crippen molar-refractivity contribution in [3.05, 3.63) is 42.2 Å². The van der Waals surface area contributed by atoms with Gasteiger partial charge in [-0.15, -0.1) is 5.39 Å². The second-order valence-electron chi connectivity index (χ2n) is 3.48. The van der Waals surface area contributed by atoms with Gasteiger partial charge in [0.25, 0.3) is 0 Å². The van der Waals surface area contributed by atoms with E-state index in [0.717, 1.165) is 16.7 Å². The van der Waals surface area contributed by atoms with E-state index in [-0.39, 0.29) is 32.7 Å². The molecule has 3 rings (SSSR count).